The smallest absolute Gasteiger partial charge is 0.328 e. The molecule has 0 saturated heterocycles. The topological polar surface area (TPSA) is 145 Å². The summed E-state index contributed by atoms with van der Waals surface area (Å²) in [5.74, 6) is -2.95. The van der Waals surface area contributed by atoms with Gasteiger partial charge in [-0.2, -0.15) is 0 Å². The summed E-state index contributed by atoms with van der Waals surface area (Å²) in [5, 5.41) is 26.5. The minimum absolute atomic E-state index is 0.0299. The normalized spacial score (nSPS) is 11.3. The van der Waals surface area contributed by atoms with E-state index in [2.05, 4.69) is 16.0 Å². The number of carboxylic acid groups (broad SMARTS) is 1. The molecule has 0 heterocycles. The quantitative estimate of drug-likeness (QED) is 0.300. The summed E-state index contributed by atoms with van der Waals surface area (Å²) < 4.78 is 0. The van der Waals surface area contributed by atoms with Gasteiger partial charge in [-0.3, -0.25) is 14.4 Å². The van der Waals surface area contributed by atoms with E-state index in [1.54, 1.807) is 43.3 Å². The maximum atomic E-state index is 12.7. The highest BCUT2D eigenvalue weighted by Gasteiger charge is 2.23. The van der Waals surface area contributed by atoms with Crippen molar-refractivity contribution in [1.29, 1.82) is 0 Å². The molecule has 0 aliphatic heterocycles. The molecular weight excluding hydrogens is 486 g/mol. The molecule has 3 aromatic carbocycles. The lowest BCUT2D eigenvalue weighted by Crippen LogP contribution is -2.48. The summed E-state index contributed by atoms with van der Waals surface area (Å²) >= 11 is 6.20. The third kappa shape index (κ3) is 6.83. The Hall–Kier alpha value is -4.37. The van der Waals surface area contributed by atoms with Crippen molar-refractivity contribution in [2.24, 2.45) is 0 Å². The highest BCUT2D eigenvalue weighted by Crippen LogP contribution is 2.19. The van der Waals surface area contributed by atoms with E-state index in [0.717, 1.165) is 5.56 Å². The molecule has 0 radical (unpaired) electrons. The first-order valence-electron chi connectivity index (χ1n) is 10.9. The molecule has 36 heavy (non-hydrogen) atoms. The van der Waals surface area contributed by atoms with Crippen LogP contribution in [0.4, 0.5) is 0 Å². The van der Waals surface area contributed by atoms with Gasteiger partial charge in [-0.25, -0.2) is 4.79 Å². The van der Waals surface area contributed by atoms with Crippen LogP contribution in [0.5, 0.6) is 5.75 Å². The molecule has 0 spiro atoms. The van der Waals surface area contributed by atoms with E-state index in [0.29, 0.717) is 11.1 Å². The SMILES string of the molecule is Cc1ccccc1C(=O)NC[C@H](NC(=O)c1ccc(C(=O)NCc2cccc(O)c2)cc1Cl)C(=O)O. The number of phenols is 1. The van der Waals surface area contributed by atoms with Gasteiger partial charge in [0.1, 0.15) is 11.8 Å². The fourth-order valence-electron chi connectivity index (χ4n) is 3.35. The second-order valence-electron chi connectivity index (χ2n) is 7.94. The van der Waals surface area contributed by atoms with Gasteiger partial charge in [0, 0.05) is 24.2 Å². The van der Waals surface area contributed by atoms with Gasteiger partial charge in [0.2, 0.25) is 0 Å². The molecule has 3 rings (SSSR count). The lowest BCUT2D eigenvalue weighted by Gasteiger charge is -2.16. The Morgan fingerprint density at radius 2 is 1.61 bits per heavy atom. The van der Waals surface area contributed by atoms with Crippen LogP contribution in [-0.2, 0) is 11.3 Å². The molecule has 0 saturated carbocycles. The standard InChI is InChI=1S/C26H24ClN3O6/c1-15-5-2-3-8-19(15)24(33)29-14-22(26(35)36)30-25(34)20-10-9-17(12-21(20)27)23(32)28-13-16-6-4-7-18(31)11-16/h2-12,22,31H,13-14H2,1H3,(H,28,32)(H,29,33)(H,30,34)(H,35,36)/t22-/m0/s1. The minimum atomic E-state index is -1.41. The molecule has 3 aromatic rings. The van der Waals surface area contributed by atoms with Crippen molar-refractivity contribution in [3.8, 4) is 5.75 Å². The zero-order valence-corrected chi connectivity index (χ0v) is 20.0. The number of aliphatic carboxylic acids is 1. The third-order valence-corrected chi connectivity index (χ3v) is 5.61. The Labute approximate surface area is 212 Å². The van der Waals surface area contributed by atoms with Crippen LogP contribution in [-0.4, -0.2) is 46.5 Å². The largest absolute Gasteiger partial charge is 0.508 e. The monoisotopic (exact) mass is 509 g/mol. The highest BCUT2D eigenvalue weighted by molar-refractivity contribution is 6.34. The van der Waals surface area contributed by atoms with E-state index >= 15 is 0 Å². The van der Waals surface area contributed by atoms with E-state index in [1.165, 1.54) is 30.3 Å². The molecule has 9 nitrogen and oxygen atoms in total. The molecule has 0 aliphatic carbocycles. The Balaban J connectivity index is 1.61. The number of hydrogen-bond acceptors (Lipinski definition) is 5. The zero-order chi connectivity index (χ0) is 26.2. The molecule has 10 heteroatoms. The number of rotatable bonds is 9. The number of amides is 3. The van der Waals surface area contributed by atoms with E-state index in [9.17, 15) is 29.4 Å². The summed E-state index contributed by atoms with van der Waals surface area (Å²) in [5.41, 5.74) is 1.98. The van der Waals surface area contributed by atoms with Crippen LogP contribution in [0, 0.1) is 6.92 Å². The predicted octanol–water partition coefficient (Wildman–Crippen LogP) is 2.90. The lowest BCUT2D eigenvalue weighted by atomic mass is 10.1. The summed E-state index contributed by atoms with van der Waals surface area (Å²) in [7, 11) is 0. The number of aryl methyl sites for hydroxylation is 1. The third-order valence-electron chi connectivity index (χ3n) is 5.30. The van der Waals surface area contributed by atoms with Gasteiger partial charge < -0.3 is 26.2 Å². The fraction of sp³-hybridized carbons (Fsp3) is 0.154. The van der Waals surface area contributed by atoms with E-state index < -0.39 is 29.7 Å². The number of aromatic hydroxyl groups is 1. The van der Waals surface area contributed by atoms with Crippen molar-refractivity contribution in [1.82, 2.24) is 16.0 Å². The Kier molecular flexibility index (Phi) is 8.64. The molecule has 0 aliphatic rings. The average Bonchev–Trinajstić information content (AvgIpc) is 2.84. The van der Waals surface area contributed by atoms with Gasteiger partial charge in [-0.1, -0.05) is 41.9 Å². The van der Waals surface area contributed by atoms with Crippen LogP contribution in [0.25, 0.3) is 0 Å². The lowest BCUT2D eigenvalue weighted by molar-refractivity contribution is -0.139. The number of benzene rings is 3. The first kappa shape index (κ1) is 26.2. The van der Waals surface area contributed by atoms with Crippen molar-refractivity contribution >= 4 is 35.3 Å². The predicted molar refractivity (Wildman–Crippen MR) is 133 cm³/mol. The number of nitrogens with one attached hydrogen (secondary N) is 3. The summed E-state index contributed by atoms with van der Waals surface area (Å²) in [6.45, 7) is 1.58. The second kappa shape index (κ2) is 11.9. The van der Waals surface area contributed by atoms with Crippen LogP contribution >= 0.6 is 11.6 Å². The van der Waals surface area contributed by atoms with Crippen molar-refractivity contribution in [2.45, 2.75) is 19.5 Å². The van der Waals surface area contributed by atoms with Crippen LogP contribution in [0.15, 0.2) is 66.7 Å². The Morgan fingerprint density at radius 1 is 0.861 bits per heavy atom. The van der Waals surface area contributed by atoms with E-state index in [-0.39, 0.29) is 35.0 Å². The number of phenolic OH excluding ortho intramolecular Hbond substituents is 1. The minimum Gasteiger partial charge on any atom is -0.508 e. The molecule has 1 atom stereocenters. The van der Waals surface area contributed by atoms with Crippen molar-refractivity contribution in [3.63, 3.8) is 0 Å². The first-order chi connectivity index (χ1) is 17.2. The van der Waals surface area contributed by atoms with E-state index in [4.69, 9.17) is 11.6 Å². The van der Waals surface area contributed by atoms with Gasteiger partial charge in [0.25, 0.3) is 17.7 Å². The van der Waals surface area contributed by atoms with Crippen LogP contribution in [0.2, 0.25) is 5.02 Å². The van der Waals surface area contributed by atoms with Crippen molar-refractivity contribution in [3.05, 3.63) is 99.6 Å². The average molecular weight is 510 g/mol. The number of halogens is 1. The van der Waals surface area contributed by atoms with Gasteiger partial charge in [-0.05, 0) is 54.4 Å². The molecule has 0 aromatic heterocycles. The molecule has 5 N–H and O–H groups in total. The van der Waals surface area contributed by atoms with Gasteiger partial charge in [-0.15, -0.1) is 0 Å². The van der Waals surface area contributed by atoms with Crippen LogP contribution in [0.3, 0.4) is 0 Å². The van der Waals surface area contributed by atoms with Gasteiger partial charge in [0.15, 0.2) is 0 Å². The Morgan fingerprint density at radius 3 is 2.28 bits per heavy atom. The van der Waals surface area contributed by atoms with Crippen LogP contribution < -0.4 is 16.0 Å². The van der Waals surface area contributed by atoms with Crippen LogP contribution in [0.1, 0.15) is 42.2 Å². The fourth-order valence-corrected chi connectivity index (χ4v) is 3.61. The van der Waals surface area contributed by atoms with Crippen molar-refractivity contribution in [2.75, 3.05) is 6.54 Å². The summed E-state index contributed by atoms with van der Waals surface area (Å²) in [6, 6.07) is 15.8. The number of carboxylic acids is 1. The van der Waals surface area contributed by atoms with Gasteiger partial charge in [0.05, 0.1) is 10.6 Å². The molecule has 3 amide bonds. The first-order valence-corrected chi connectivity index (χ1v) is 11.3. The second-order valence-corrected chi connectivity index (χ2v) is 8.34. The molecule has 186 valence electrons. The van der Waals surface area contributed by atoms with E-state index in [1.807, 2.05) is 0 Å². The number of hydrogen-bond donors (Lipinski definition) is 5. The Bertz CT molecular complexity index is 1310. The maximum absolute atomic E-state index is 12.7. The molecular formula is C26H24ClN3O6. The maximum Gasteiger partial charge on any atom is 0.328 e. The number of carbonyl (C=O) groups is 4. The van der Waals surface area contributed by atoms with Gasteiger partial charge >= 0.3 is 5.97 Å². The summed E-state index contributed by atoms with van der Waals surface area (Å²) in [6.07, 6.45) is 0. The van der Waals surface area contributed by atoms with Crippen molar-refractivity contribution < 1.29 is 29.4 Å². The highest BCUT2D eigenvalue weighted by atomic mass is 35.5. The summed E-state index contributed by atoms with van der Waals surface area (Å²) in [4.78, 5) is 49.1. The number of carbonyl (C=O) groups excluding carboxylic acids is 3. The molecule has 0 unspecified atom stereocenters. The zero-order valence-electron chi connectivity index (χ0n) is 19.2. The molecule has 0 bridgehead atoms. The molecule has 0 fully saturated rings.